The maximum Gasteiger partial charge on any atom is 0.416 e. The summed E-state index contributed by atoms with van der Waals surface area (Å²) in [4.78, 5) is 0. The van der Waals surface area contributed by atoms with Crippen LogP contribution in [0.15, 0.2) is 24.3 Å². The number of hydrogen-bond donors (Lipinski definition) is 0. The van der Waals surface area contributed by atoms with E-state index in [0.717, 1.165) is 12.1 Å². The molecule has 0 saturated carbocycles. The smallest absolute Gasteiger partial charge is 0.198 e. The maximum absolute atomic E-state index is 12.5. The Morgan fingerprint density at radius 3 is 2.56 bits per heavy atom. The Hall–Kier alpha value is -1.50. The first-order valence-electron chi connectivity index (χ1n) is 5.03. The van der Waals surface area contributed by atoms with Crippen molar-refractivity contribution in [2.45, 2.75) is 31.9 Å². The van der Waals surface area contributed by atoms with Gasteiger partial charge in [-0.1, -0.05) is 25.1 Å². The van der Waals surface area contributed by atoms with Crippen molar-refractivity contribution in [3.05, 3.63) is 35.4 Å². The largest absolute Gasteiger partial charge is 0.416 e. The first-order chi connectivity index (χ1) is 7.49. The van der Waals surface area contributed by atoms with Crippen LogP contribution in [-0.2, 0) is 6.18 Å². The van der Waals surface area contributed by atoms with E-state index in [1.165, 1.54) is 6.07 Å². The highest BCUT2D eigenvalue weighted by Crippen LogP contribution is 2.32. The molecule has 0 N–H and O–H groups in total. The van der Waals surface area contributed by atoms with Crippen molar-refractivity contribution in [1.82, 2.24) is 0 Å². The van der Waals surface area contributed by atoms with Crippen LogP contribution in [0.1, 0.15) is 36.8 Å². The molecule has 0 saturated heterocycles. The summed E-state index contributed by atoms with van der Waals surface area (Å²) >= 11 is 0. The minimum absolute atomic E-state index is 0.118. The molecule has 0 aliphatic rings. The Morgan fingerprint density at radius 2 is 2.06 bits per heavy atom. The van der Waals surface area contributed by atoms with Gasteiger partial charge in [0.25, 0.3) is 0 Å². The zero-order valence-electron chi connectivity index (χ0n) is 8.88. The molecule has 0 aliphatic heterocycles. The Labute approximate surface area is 92.5 Å². The molecule has 0 fully saturated rings. The number of rotatable bonds is 3. The molecule has 0 amide bonds. The van der Waals surface area contributed by atoms with Crippen LogP contribution in [0.5, 0.6) is 0 Å². The van der Waals surface area contributed by atoms with Crippen molar-refractivity contribution < 1.29 is 13.2 Å². The van der Waals surface area contributed by atoms with Gasteiger partial charge in [-0.25, -0.2) is 0 Å². The first kappa shape index (κ1) is 12.6. The molecule has 1 unspecified atom stereocenters. The lowest BCUT2D eigenvalue weighted by Gasteiger charge is -2.14. The van der Waals surface area contributed by atoms with Crippen LogP contribution in [0.4, 0.5) is 13.2 Å². The minimum Gasteiger partial charge on any atom is -0.198 e. The van der Waals surface area contributed by atoms with Crippen LogP contribution in [0, 0.1) is 11.3 Å². The van der Waals surface area contributed by atoms with Gasteiger partial charge in [-0.05, 0) is 24.0 Å². The third-order valence-corrected chi connectivity index (χ3v) is 2.52. The van der Waals surface area contributed by atoms with Crippen LogP contribution in [-0.4, -0.2) is 0 Å². The van der Waals surface area contributed by atoms with Crippen LogP contribution in [0.2, 0.25) is 0 Å². The van der Waals surface area contributed by atoms with E-state index in [1.54, 1.807) is 6.07 Å². The van der Waals surface area contributed by atoms with E-state index in [0.29, 0.717) is 12.0 Å². The van der Waals surface area contributed by atoms with Crippen molar-refractivity contribution >= 4 is 0 Å². The molecular weight excluding hydrogens is 215 g/mol. The van der Waals surface area contributed by atoms with Crippen molar-refractivity contribution in [3.8, 4) is 6.07 Å². The molecule has 0 radical (unpaired) electrons. The van der Waals surface area contributed by atoms with Crippen molar-refractivity contribution in [1.29, 1.82) is 5.26 Å². The average molecular weight is 227 g/mol. The molecule has 86 valence electrons. The fourth-order valence-electron chi connectivity index (χ4n) is 1.58. The van der Waals surface area contributed by atoms with Gasteiger partial charge in [-0.3, -0.25) is 0 Å². The van der Waals surface area contributed by atoms with Gasteiger partial charge >= 0.3 is 6.18 Å². The highest BCUT2D eigenvalue weighted by atomic mass is 19.4. The van der Waals surface area contributed by atoms with Gasteiger partial charge in [0.1, 0.15) is 0 Å². The highest BCUT2D eigenvalue weighted by molar-refractivity contribution is 5.28. The number of nitriles is 1. The number of alkyl halides is 3. The fraction of sp³-hybridized carbons (Fsp3) is 0.417. The molecule has 1 nitrogen and oxygen atoms in total. The monoisotopic (exact) mass is 227 g/mol. The Bertz CT molecular complexity index is 390. The molecule has 1 rings (SSSR count). The highest BCUT2D eigenvalue weighted by Gasteiger charge is 2.30. The Balaban J connectivity index is 3.02. The third-order valence-electron chi connectivity index (χ3n) is 2.52. The molecule has 1 aromatic carbocycles. The van der Waals surface area contributed by atoms with Crippen molar-refractivity contribution in [3.63, 3.8) is 0 Å². The van der Waals surface area contributed by atoms with E-state index in [4.69, 9.17) is 5.26 Å². The lowest BCUT2D eigenvalue weighted by molar-refractivity contribution is -0.137. The molecule has 1 atom stereocenters. The summed E-state index contributed by atoms with van der Waals surface area (Å²) < 4.78 is 37.4. The zero-order chi connectivity index (χ0) is 12.2. The predicted octanol–water partition coefficient (Wildman–Crippen LogP) is 4.11. The fourth-order valence-corrected chi connectivity index (χ4v) is 1.58. The molecule has 0 bridgehead atoms. The summed E-state index contributed by atoms with van der Waals surface area (Å²) in [5.41, 5.74) is -0.0692. The molecule has 1 aromatic rings. The van der Waals surface area contributed by atoms with Crippen molar-refractivity contribution in [2.24, 2.45) is 0 Å². The van der Waals surface area contributed by atoms with E-state index in [1.807, 2.05) is 13.0 Å². The normalized spacial score (nSPS) is 13.2. The van der Waals surface area contributed by atoms with E-state index >= 15 is 0 Å². The standard InChI is InChI=1S/C12H12F3N/c1-2-9(6-7-16)10-4-3-5-11(8-10)12(13,14)15/h3-5,8-9H,2,6H2,1H3. The molecule has 0 spiro atoms. The van der Waals surface area contributed by atoms with Crippen LogP contribution >= 0.6 is 0 Å². The van der Waals surface area contributed by atoms with E-state index in [9.17, 15) is 13.2 Å². The summed E-state index contributed by atoms with van der Waals surface area (Å²) in [5, 5.41) is 8.59. The summed E-state index contributed by atoms with van der Waals surface area (Å²) in [6, 6.07) is 7.20. The number of halogens is 3. The lowest BCUT2D eigenvalue weighted by Crippen LogP contribution is -2.06. The maximum atomic E-state index is 12.5. The van der Waals surface area contributed by atoms with Gasteiger partial charge in [0.05, 0.1) is 11.6 Å². The molecule has 0 heterocycles. The SMILES string of the molecule is CCC(CC#N)c1cccc(C(F)(F)F)c1. The predicted molar refractivity (Wildman–Crippen MR) is 54.7 cm³/mol. The van der Waals surface area contributed by atoms with Crippen LogP contribution in [0.3, 0.4) is 0 Å². The second kappa shape index (κ2) is 5.02. The second-order valence-electron chi connectivity index (χ2n) is 3.59. The first-order valence-corrected chi connectivity index (χ1v) is 5.03. The average Bonchev–Trinajstić information content (AvgIpc) is 2.25. The zero-order valence-corrected chi connectivity index (χ0v) is 8.88. The second-order valence-corrected chi connectivity index (χ2v) is 3.59. The quantitative estimate of drug-likeness (QED) is 0.762. The van der Waals surface area contributed by atoms with E-state index < -0.39 is 11.7 Å². The van der Waals surface area contributed by atoms with Gasteiger partial charge in [-0.15, -0.1) is 0 Å². The molecule has 0 aromatic heterocycles. The van der Waals surface area contributed by atoms with Gasteiger partial charge in [-0.2, -0.15) is 18.4 Å². The number of hydrogen-bond acceptors (Lipinski definition) is 1. The van der Waals surface area contributed by atoms with Gasteiger partial charge in [0.15, 0.2) is 0 Å². The Morgan fingerprint density at radius 1 is 1.38 bits per heavy atom. The van der Waals surface area contributed by atoms with Crippen LogP contribution < -0.4 is 0 Å². The van der Waals surface area contributed by atoms with Gasteiger partial charge in [0, 0.05) is 6.42 Å². The van der Waals surface area contributed by atoms with Crippen LogP contribution in [0.25, 0.3) is 0 Å². The van der Waals surface area contributed by atoms with E-state index in [-0.39, 0.29) is 12.3 Å². The van der Waals surface area contributed by atoms with Crippen molar-refractivity contribution in [2.75, 3.05) is 0 Å². The number of benzene rings is 1. The van der Waals surface area contributed by atoms with E-state index in [2.05, 4.69) is 0 Å². The summed E-state index contributed by atoms with van der Waals surface area (Å²) in [6.45, 7) is 1.86. The summed E-state index contributed by atoms with van der Waals surface area (Å²) in [6.07, 6.45) is -3.41. The minimum atomic E-state index is -4.32. The third kappa shape index (κ3) is 2.99. The topological polar surface area (TPSA) is 23.8 Å². The Kier molecular flexibility index (Phi) is 3.94. The molecule has 0 aliphatic carbocycles. The van der Waals surface area contributed by atoms with Gasteiger partial charge in [0.2, 0.25) is 0 Å². The summed E-state index contributed by atoms with van der Waals surface area (Å²) in [5.74, 6) is -0.118. The molecule has 16 heavy (non-hydrogen) atoms. The molecule has 4 heteroatoms. The lowest BCUT2D eigenvalue weighted by atomic mass is 9.92. The molecular formula is C12H12F3N. The van der Waals surface area contributed by atoms with Gasteiger partial charge < -0.3 is 0 Å². The summed E-state index contributed by atoms with van der Waals surface area (Å²) in [7, 11) is 0. The number of nitrogens with zero attached hydrogens (tertiary/aromatic N) is 1.